The Balaban J connectivity index is -0.0000000363. The van der Waals surface area contributed by atoms with Gasteiger partial charge in [0.2, 0.25) is 0 Å². The van der Waals surface area contributed by atoms with Crippen LogP contribution in [0.15, 0.2) is 36.4 Å². The molecule has 0 fully saturated rings. The third kappa shape index (κ3) is 24.1. The molecule has 2 nitrogen and oxygen atoms in total. The maximum absolute atomic E-state index is 10.1. The van der Waals surface area contributed by atoms with Crippen molar-refractivity contribution in [1.29, 1.82) is 0 Å². The zero-order valence-corrected chi connectivity index (χ0v) is 20.3. The molecule has 0 heterocycles. The fourth-order valence-corrected chi connectivity index (χ4v) is 5.37. The van der Waals surface area contributed by atoms with E-state index in [1.165, 1.54) is 48.0 Å². The van der Waals surface area contributed by atoms with Gasteiger partial charge in [0.1, 0.15) is 11.5 Å². The number of hydrogen-bond acceptors (Lipinski definition) is 2. The monoisotopic (exact) mass is 741 g/mol. The zero-order chi connectivity index (χ0) is 21.4. The number of aromatic hydroxyl groups is 2. The quantitative estimate of drug-likeness (QED) is 0.329. The zero-order valence-electron chi connectivity index (χ0n) is 19.3. The summed E-state index contributed by atoms with van der Waals surface area (Å²) in [6.07, 6.45) is 12.0. The van der Waals surface area contributed by atoms with Gasteiger partial charge in [-0.15, -0.1) is 0 Å². The van der Waals surface area contributed by atoms with Crippen LogP contribution in [0.2, 0.25) is 0 Å². The molecule has 50 heavy (non-hydrogen) atoms. The highest BCUT2D eigenvalue weighted by atomic mass is 32.1. The van der Waals surface area contributed by atoms with Crippen LogP contribution in [-0.2, 0) is 0 Å². The molecule has 2 aromatic rings. The maximum Gasteiger partial charge on any atom is 0.121 e. The summed E-state index contributed by atoms with van der Waals surface area (Å²) in [6.45, 7) is 7.95. The van der Waals surface area contributed by atoms with Crippen molar-refractivity contribution in [2.45, 2.75) is 207 Å². The highest BCUT2D eigenvalue weighted by Gasteiger charge is 2.26. The number of rotatable bonds is 3. The minimum Gasteiger partial charge on any atom is -0.507 e. The smallest absolute Gasteiger partial charge is 0.121 e. The topological polar surface area (TPSA) is 40.5 Å². The molecular weight excluding hydrogens is 629 g/mol. The fraction of sp³-hybridized carbons (Fsp3) is 0.660. The largest absolute Gasteiger partial charge is 0.507 e. The molecule has 2 aromatic carbocycles. The van der Waals surface area contributed by atoms with Crippen molar-refractivity contribution in [3.8, 4) is 11.5 Å². The van der Waals surface area contributed by atoms with Crippen molar-refractivity contribution in [2.75, 3.05) is 0 Å². The van der Waals surface area contributed by atoms with E-state index in [9.17, 15) is 10.2 Å². The molecule has 0 saturated carbocycles. The van der Waals surface area contributed by atoms with E-state index in [1.54, 1.807) is 0 Å². The van der Waals surface area contributed by atoms with Crippen LogP contribution in [0, 0.1) is 39.5 Å². The summed E-state index contributed by atoms with van der Waals surface area (Å²) in [6, 6.07) is 8.52. The third-order valence-electron chi connectivity index (χ3n) is 7.29. The van der Waals surface area contributed by atoms with Gasteiger partial charge in [-0.3, -0.25) is 0 Å². The van der Waals surface area contributed by atoms with Gasteiger partial charge in [0.15, 0.2) is 0 Å². The van der Waals surface area contributed by atoms with Gasteiger partial charge < -0.3 is 10.2 Å². The van der Waals surface area contributed by atoms with Crippen molar-refractivity contribution < 1.29 is 10.2 Å². The van der Waals surface area contributed by atoms with Crippen LogP contribution < -0.4 is 0 Å². The van der Waals surface area contributed by atoms with Crippen molar-refractivity contribution in [3.63, 3.8) is 0 Å². The normalized spacial score (nSPS) is 13.1. The summed E-state index contributed by atoms with van der Waals surface area (Å²) >= 11 is 0. The van der Waals surface area contributed by atoms with E-state index in [0.29, 0.717) is 11.5 Å². The Bertz CT molecular complexity index is 904. The second kappa shape index (κ2) is 46.9. The van der Waals surface area contributed by atoms with E-state index >= 15 is 0 Å². The lowest BCUT2D eigenvalue weighted by molar-refractivity contribution is 0.292. The first-order chi connectivity index (χ1) is 14.3. The van der Waals surface area contributed by atoms with E-state index < -0.39 is 0 Å². The third-order valence-corrected chi connectivity index (χ3v) is 7.29. The molecule has 2 atom stereocenters. The average molecular weight is 741 g/mol. The number of allylic oxidation sites excluding steroid dienone is 4. The average Bonchev–Trinajstić information content (AvgIpc) is 2.75. The summed E-state index contributed by atoms with van der Waals surface area (Å²) in [5.74, 6) is 2.40. The first-order valence-corrected chi connectivity index (χ1v) is 11.3. The van der Waals surface area contributed by atoms with Gasteiger partial charge in [0.25, 0.3) is 0 Å². The van der Waals surface area contributed by atoms with Crippen LogP contribution in [0.5, 0.6) is 11.5 Å². The summed E-state index contributed by atoms with van der Waals surface area (Å²) in [7, 11) is 0. The van der Waals surface area contributed by atoms with E-state index in [4.69, 9.17) is 0 Å². The Morgan fingerprint density at radius 3 is 0.760 bits per heavy atom. The summed E-state index contributed by atoms with van der Waals surface area (Å²) < 4.78 is 0. The molecule has 0 amide bonds. The molecule has 0 bridgehead atoms. The Morgan fingerprint density at radius 2 is 0.600 bits per heavy atom. The summed E-state index contributed by atoms with van der Waals surface area (Å²) in [5.41, 5.74) is 9.33. The summed E-state index contributed by atoms with van der Waals surface area (Å²) in [5, 5.41) is 20.1. The number of phenolic OH excluding ortho intramolecular Hbond substituents is 2. The van der Waals surface area contributed by atoms with Gasteiger partial charge in [-0.05, 0) is 147 Å². The van der Waals surface area contributed by atoms with Crippen molar-refractivity contribution in [3.05, 3.63) is 69.8 Å². The predicted octanol–water partition coefficient (Wildman–Crippen LogP) is 19.6. The molecule has 3 heteroatoms. The van der Waals surface area contributed by atoms with Crippen LogP contribution in [0.3, 0.4) is 0 Å². The highest BCUT2D eigenvalue weighted by molar-refractivity contribution is 7.59. The minimum atomic E-state index is 0. The van der Waals surface area contributed by atoms with Crippen LogP contribution in [0.1, 0.15) is 213 Å². The molecule has 0 aliphatic heterocycles. The predicted molar refractivity (Wildman–Crippen MR) is 264 cm³/mol. The molecule has 4 rings (SSSR count). The number of hydrogen-bond donors (Lipinski definition) is 2. The van der Waals surface area contributed by atoms with Crippen LogP contribution in [0.25, 0.3) is 11.1 Å². The lowest BCUT2D eigenvalue weighted by Crippen LogP contribution is -2.19. The molecule has 2 aliphatic carbocycles. The first kappa shape index (κ1) is 110. The highest BCUT2D eigenvalue weighted by Crippen LogP contribution is 2.42. The molecule has 0 radical (unpaired) electrons. The van der Waals surface area contributed by atoms with Crippen molar-refractivity contribution in [2.24, 2.45) is 11.8 Å². The van der Waals surface area contributed by atoms with Gasteiger partial charge in [-0.25, -0.2) is 0 Å². The SMILES string of the molecule is C.C.C.C.C.C.C.C.C.C.C.C.C.C.C.C.C.C.C.Cc1cc(C2=CCC(C3CC=C(c4cc(C)c(O)c(C)c4)CC3)CC2)cc(C)c1O.S. The van der Waals surface area contributed by atoms with Gasteiger partial charge >= 0.3 is 0 Å². The molecule has 0 aromatic heterocycles. The second-order valence-electron chi connectivity index (χ2n) is 9.44. The lowest BCUT2D eigenvalue weighted by atomic mass is 9.73. The number of benzene rings is 2. The Hall–Kier alpha value is -2.13. The van der Waals surface area contributed by atoms with Gasteiger partial charge in [-0.2, -0.15) is 13.5 Å². The standard InChI is InChI=1S/C28H34O2.19CH4.H2S/c1-17-13-25(14-18(2)27(17)29)23-9-5-21(6-10-23)22-7-11-24(12-8-22)26-15-19(3)28(30)20(4)16-26;;;;;;;;;;;;;;;;;;;;/h9,11,13-16,21-22,29-30H,5-8,10,12H2,1-4H3;19*1H4;1H2. The van der Waals surface area contributed by atoms with Gasteiger partial charge in [-0.1, -0.05) is 153 Å². The van der Waals surface area contributed by atoms with E-state index in [0.717, 1.165) is 46.9 Å². The Morgan fingerprint density at radius 1 is 0.400 bits per heavy atom. The molecular formula is C47H112O2S. The Kier molecular flexibility index (Phi) is 103. The van der Waals surface area contributed by atoms with E-state index in [1.807, 2.05) is 27.7 Å². The first-order valence-electron chi connectivity index (χ1n) is 11.3. The van der Waals surface area contributed by atoms with Crippen molar-refractivity contribution >= 4 is 24.6 Å². The van der Waals surface area contributed by atoms with Crippen molar-refractivity contribution in [1.82, 2.24) is 0 Å². The molecule has 318 valence electrons. The Labute approximate surface area is 334 Å². The molecule has 2 N–H and O–H groups in total. The lowest BCUT2D eigenvalue weighted by Gasteiger charge is -2.32. The van der Waals surface area contributed by atoms with Crippen LogP contribution in [0.4, 0.5) is 0 Å². The van der Waals surface area contributed by atoms with E-state index in [-0.39, 0.29) is 155 Å². The minimum absolute atomic E-state index is 0. The summed E-state index contributed by atoms with van der Waals surface area (Å²) in [4.78, 5) is 0. The molecule has 0 saturated heterocycles. The number of aryl methyl sites for hydroxylation is 4. The molecule has 0 spiro atoms. The second-order valence-corrected chi connectivity index (χ2v) is 9.44. The van der Waals surface area contributed by atoms with E-state index in [2.05, 4.69) is 36.4 Å². The fourth-order valence-electron chi connectivity index (χ4n) is 5.37. The molecule has 2 unspecified atom stereocenters. The number of phenols is 2. The maximum atomic E-state index is 10.1. The van der Waals surface area contributed by atoms with Crippen LogP contribution in [-0.4, -0.2) is 10.2 Å². The van der Waals surface area contributed by atoms with Gasteiger partial charge in [0.05, 0.1) is 0 Å². The molecule has 2 aliphatic rings. The van der Waals surface area contributed by atoms with Crippen LogP contribution >= 0.6 is 13.5 Å². The van der Waals surface area contributed by atoms with Gasteiger partial charge in [0, 0.05) is 0 Å².